The average Bonchev–Trinajstić information content (AvgIpc) is 3.36. The Morgan fingerprint density at radius 1 is 0.656 bits per heavy atom. The predicted molar refractivity (Wildman–Crippen MR) is 116 cm³/mol. The summed E-state index contributed by atoms with van der Waals surface area (Å²) in [5, 5.41) is 0. The molecule has 0 spiro atoms. The molecule has 0 radical (unpaired) electrons. The quantitative estimate of drug-likeness (QED) is 0.337. The maximum atomic E-state index is 12.1. The van der Waals surface area contributed by atoms with Gasteiger partial charge in [-0.05, 0) is 24.7 Å². The van der Waals surface area contributed by atoms with Gasteiger partial charge in [0.05, 0.1) is 13.2 Å². The lowest BCUT2D eigenvalue weighted by atomic mass is 9.84. The minimum atomic E-state index is -0.746. The normalized spacial score (nSPS) is 32.9. The molecule has 1 saturated carbocycles. The van der Waals surface area contributed by atoms with Crippen molar-refractivity contribution in [1.82, 2.24) is 0 Å². The van der Waals surface area contributed by atoms with Crippen LogP contribution in [0.2, 0.25) is 0 Å². The Balaban J connectivity index is 1.71. The molecule has 1 aliphatic carbocycles. The summed E-state index contributed by atoms with van der Waals surface area (Å²) in [7, 11) is 0. The number of carbonyl (C=O) groups excluding carboxylic acids is 2. The zero-order valence-electron chi connectivity index (χ0n) is 20.0. The van der Waals surface area contributed by atoms with Gasteiger partial charge in [-0.15, -0.1) is 0 Å². The van der Waals surface area contributed by atoms with Crippen molar-refractivity contribution in [3.63, 3.8) is 0 Å². The number of fused-ring (bicyclic) bond motifs is 2. The molecular formula is C24H40O8. The molecule has 0 aromatic carbocycles. The molecular weight excluding hydrogens is 416 g/mol. The summed E-state index contributed by atoms with van der Waals surface area (Å²) in [6.45, 7) is 9.62. The van der Waals surface area contributed by atoms with E-state index in [2.05, 4.69) is 27.7 Å². The van der Waals surface area contributed by atoms with Crippen molar-refractivity contribution >= 4 is 12.3 Å². The maximum absolute atomic E-state index is 12.1. The Bertz CT molecular complexity index is 531. The lowest BCUT2D eigenvalue weighted by Crippen LogP contribution is -2.63. The monoisotopic (exact) mass is 456 g/mol. The second-order valence-electron chi connectivity index (χ2n) is 9.26. The number of unbranched alkanes of at least 4 members (excludes halogenated alkanes) is 2. The summed E-state index contributed by atoms with van der Waals surface area (Å²) in [6, 6.07) is 0. The van der Waals surface area contributed by atoms with Gasteiger partial charge in [-0.2, -0.15) is 0 Å². The van der Waals surface area contributed by atoms with Crippen molar-refractivity contribution in [3.05, 3.63) is 0 Å². The van der Waals surface area contributed by atoms with Gasteiger partial charge in [0.1, 0.15) is 12.2 Å². The Labute approximate surface area is 191 Å². The summed E-state index contributed by atoms with van der Waals surface area (Å²) < 4.78 is 34.4. The number of hydrogen-bond donors (Lipinski definition) is 0. The molecule has 3 rings (SSSR count). The molecule has 0 aromatic rings. The standard InChI is InChI=1S/C24H40O8/c1-5-9-11-15(7-3)13-27-17-19-21(31-23(25)29-19)18(22-20(17)30-24(26)32-22)28-14-16(8-4)12-10-6-2/h15-22H,5-14H2,1-4H3/t15?,16?,17-,18-,19-,20-,21-,22+/m0/s1. The van der Waals surface area contributed by atoms with E-state index in [1.54, 1.807) is 0 Å². The van der Waals surface area contributed by atoms with Gasteiger partial charge in [-0.1, -0.05) is 66.2 Å². The first kappa shape index (κ1) is 25.1. The smallest absolute Gasteiger partial charge is 0.424 e. The molecule has 2 aliphatic heterocycles. The molecule has 2 unspecified atom stereocenters. The van der Waals surface area contributed by atoms with Crippen LogP contribution >= 0.6 is 0 Å². The maximum Gasteiger partial charge on any atom is 0.509 e. The van der Waals surface area contributed by atoms with Crippen molar-refractivity contribution in [2.45, 2.75) is 116 Å². The molecule has 8 nitrogen and oxygen atoms in total. The molecule has 184 valence electrons. The fourth-order valence-corrected chi connectivity index (χ4v) is 4.83. The van der Waals surface area contributed by atoms with Crippen LogP contribution in [0.1, 0.15) is 79.1 Å². The second kappa shape index (κ2) is 12.1. The van der Waals surface area contributed by atoms with Gasteiger partial charge in [0.15, 0.2) is 24.4 Å². The Kier molecular flexibility index (Phi) is 9.46. The van der Waals surface area contributed by atoms with Crippen LogP contribution in [0.15, 0.2) is 0 Å². The van der Waals surface area contributed by atoms with Gasteiger partial charge in [0, 0.05) is 0 Å². The fraction of sp³-hybridized carbons (Fsp3) is 0.917. The van der Waals surface area contributed by atoms with E-state index in [0.717, 1.165) is 51.4 Å². The van der Waals surface area contributed by atoms with Crippen molar-refractivity contribution in [2.75, 3.05) is 13.2 Å². The van der Waals surface area contributed by atoms with Gasteiger partial charge in [0.25, 0.3) is 0 Å². The van der Waals surface area contributed by atoms with Crippen LogP contribution in [0.5, 0.6) is 0 Å². The zero-order valence-corrected chi connectivity index (χ0v) is 20.0. The highest BCUT2D eigenvalue weighted by Crippen LogP contribution is 2.40. The first-order valence-electron chi connectivity index (χ1n) is 12.5. The molecule has 2 heterocycles. The molecule has 32 heavy (non-hydrogen) atoms. The van der Waals surface area contributed by atoms with E-state index in [9.17, 15) is 9.59 Å². The lowest BCUT2D eigenvalue weighted by molar-refractivity contribution is -0.191. The molecule has 0 amide bonds. The zero-order chi connectivity index (χ0) is 23.1. The van der Waals surface area contributed by atoms with Crippen molar-refractivity contribution in [3.8, 4) is 0 Å². The molecule has 0 bridgehead atoms. The SMILES string of the molecule is CCCCC(CC)CO[C@@H]1[C@H]2OC(=O)O[C@H]2[C@@H](OCC(CC)CCCC)[C@@H]2OC(=O)O[C@@H]12. The molecule has 2 saturated heterocycles. The first-order chi connectivity index (χ1) is 15.5. The first-order valence-corrected chi connectivity index (χ1v) is 12.5. The van der Waals surface area contributed by atoms with Crippen molar-refractivity contribution < 1.29 is 38.0 Å². The van der Waals surface area contributed by atoms with Gasteiger partial charge in [-0.25, -0.2) is 9.59 Å². The van der Waals surface area contributed by atoms with Crippen molar-refractivity contribution in [1.29, 1.82) is 0 Å². The molecule has 8 heteroatoms. The topological polar surface area (TPSA) is 89.5 Å². The summed E-state index contributed by atoms with van der Waals surface area (Å²) in [5.41, 5.74) is 0. The average molecular weight is 457 g/mol. The lowest BCUT2D eigenvalue weighted by Gasteiger charge is -2.41. The number of carbonyl (C=O) groups is 2. The highest BCUT2D eigenvalue weighted by Gasteiger charge is 2.64. The largest absolute Gasteiger partial charge is 0.509 e. The third-order valence-electron chi connectivity index (χ3n) is 7.01. The third kappa shape index (κ3) is 5.87. The number of ether oxygens (including phenoxy) is 6. The van der Waals surface area contributed by atoms with Crippen LogP contribution in [0.3, 0.4) is 0 Å². The summed E-state index contributed by atoms with van der Waals surface area (Å²) in [5.74, 6) is 0.779. The minimum Gasteiger partial charge on any atom is -0.424 e. The Morgan fingerprint density at radius 2 is 1.00 bits per heavy atom. The summed E-state index contributed by atoms with van der Waals surface area (Å²) >= 11 is 0. The van der Waals surface area contributed by atoms with E-state index in [-0.39, 0.29) is 0 Å². The van der Waals surface area contributed by atoms with Gasteiger partial charge < -0.3 is 28.4 Å². The number of hydrogen-bond acceptors (Lipinski definition) is 8. The van der Waals surface area contributed by atoms with Crippen molar-refractivity contribution in [2.24, 2.45) is 11.8 Å². The van der Waals surface area contributed by atoms with E-state index in [1.807, 2.05) is 0 Å². The van der Waals surface area contributed by atoms with E-state index >= 15 is 0 Å². The molecule has 0 N–H and O–H groups in total. The van der Waals surface area contributed by atoms with Gasteiger partial charge in [-0.3, -0.25) is 0 Å². The van der Waals surface area contributed by atoms with E-state index in [4.69, 9.17) is 28.4 Å². The minimum absolute atomic E-state index is 0.390. The molecule has 0 aromatic heterocycles. The van der Waals surface area contributed by atoms with Gasteiger partial charge in [0.2, 0.25) is 0 Å². The third-order valence-corrected chi connectivity index (χ3v) is 7.01. The Hall–Kier alpha value is -1.54. The summed E-state index contributed by atoms with van der Waals surface area (Å²) in [6.07, 6.45) is 3.09. The Morgan fingerprint density at radius 3 is 1.28 bits per heavy atom. The van der Waals surface area contributed by atoms with Crippen LogP contribution in [-0.2, 0) is 28.4 Å². The highest BCUT2D eigenvalue weighted by molar-refractivity contribution is 5.65. The predicted octanol–water partition coefficient (Wildman–Crippen LogP) is 5.01. The van der Waals surface area contributed by atoms with E-state index in [0.29, 0.717) is 25.0 Å². The fourth-order valence-electron chi connectivity index (χ4n) is 4.83. The van der Waals surface area contributed by atoms with Crippen LogP contribution in [0.4, 0.5) is 9.59 Å². The van der Waals surface area contributed by atoms with Gasteiger partial charge >= 0.3 is 12.3 Å². The number of rotatable bonds is 14. The second-order valence-corrected chi connectivity index (χ2v) is 9.26. The molecule has 3 aliphatic rings. The van der Waals surface area contributed by atoms with Crippen LogP contribution < -0.4 is 0 Å². The summed E-state index contributed by atoms with van der Waals surface area (Å²) in [4.78, 5) is 24.1. The molecule has 3 fully saturated rings. The van der Waals surface area contributed by atoms with Crippen LogP contribution in [-0.4, -0.2) is 62.1 Å². The van der Waals surface area contributed by atoms with E-state index in [1.165, 1.54) is 0 Å². The van der Waals surface area contributed by atoms with Crippen LogP contribution in [0, 0.1) is 11.8 Å². The van der Waals surface area contributed by atoms with E-state index < -0.39 is 48.9 Å². The molecule has 8 atom stereocenters. The highest BCUT2D eigenvalue weighted by atomic mass is 16.8. The van der Waals surface area contributed by atoms with Crippen LogP contribution in [0.25, 0.3) is 0 Å².